The number of carbonyl (C=O) groups is 1. The van der Waals surface area contributed by atoms with E-state index in [1.54, 1.807) is 23.9 Å². The fourth-order valence-electron chi connectivity index (χ4n) is 3.10. The van der Waals surface area contributed by atoms with Crippen molar-refractivity contribution in [2.75, 3.05) is 44.0 Å². The van der Waals surface area contributed by atoms with Crippen molar-refractivity contribution in [2.24, 2.45) is 0 Å². The number of carbonyl (C=O) groups excluding carboxylic acids is 1. The summed E-state index contributed by atoms with van der Waals surface area (Å²) < 4.78 is 45.0. The quantitative estimate of drug-likeness (QED) is 0.842. The summed E-state index contributed by atoms with van der Waals surface area (Å²) in [5.41, 5.74) is 0.757. The summed E-state index contributed by atoms with van der Waals surface area (Å²) in [6.07, 6.45) is -4.75. The molecule has 1 aliphatic rings. The van der Waals surface area contributed by atoms with E-state index in [2.05, 4.69) is 5.32 Å². The van der Waals surface area contributed by atoms with Crippen LogP contribution in [0.1, 0.15) is 17.2 Å². The maximum atomic E-state index is 13.1. The monoisotopic (exact) mass is 393 g/mol. The molecule has 0 spiro atoms. The molecule has 5 nitrogen and oxygen atoms in total. The van der Waals surface area contributed by atoms with Crippen molar-refractivity contribution in [3.63, 3.8) is 0 Å². The van der Waals surface area contributed by atoms with Crippen LogP contribution in [0, 0.1) is 0 Å². The molecule has 8 heteroatoms. The van der Waals surface area contributed by atoms with Gasteiger partial charge >= 0.3 is 12.2 Å². The SMILES string of the molecule is CN(C)c1ccc(C(F)(F)F)cc1NC(=O)N1CCOC(c2ccccc2)C1. The lowest BCUT2D eigenvalue weighted by Gasteiger charge is -2.33. The molecule has 2 aromatic carbocycles. The average molecular weight is 393 g/mol. The van der Waals surface area contributed by atoms with Gasteiger partial charge in [0, 0.05) is 20.6 Å². The zero-order valence-corrected chi connectivity index (χ0v) is 15.7. The normalized spacial score (nSPS) is 17.3. The van der Waals surface area contributed by atoms with Gasteiger partial charge in [-0.05, 0) is 23.8 Å². The molecule has 0 bridgehead atoms. The summed E-state index contributed by atoms with van der Waals surface area (Å²) in [5.74, 6) is 0. The lowest BCUT2D eigenvalue weighted by atomic mass is 10.1. The number of alkyl halides is 3. The number of amides is 2. The van der Waals surface area contributed by atoms with Crippen molar-refractivity contribution in [1.29, 1.82) is 0 Å². The number of hydrogen-bond acceptors (Lipinski definition) is 3. The number of morpholine rings is 1. The standard InChI is InChI=1S/C20H22F3N3O2/c1-25(2)17-9-8-15(20(21,22)23)12-16(17)24-19(27)26-10-11-28-18(13-26)14-6-4-3-5-7-14/h3-9,12,18H,10-11,13H2,1-2H3,(H,24,27). The van der Waals surface area contributed by atoms with Crippen LogP contribution in [0.15, 0.2) is 48.5 Å². The molecule has 0 saturated carbocycles. The van der Waals surface area contributed by atoms with Crippen LogP contribution < -0.4 is 10.2 Å². The predicted molar refractivity (Wildman–Crippen MR) is 101 cm³/mol. The smallest absolute Gasteiger partial charge is 0.376 e. The minimum atomic E-state index is -4.48. The molecule has 0 radical (unpaired) electrons. The van der Waals surface area contributed by atoms with E-state index in [0.29, 0.717) is 25.4 Å². The molecule has 1 aliphatic heterocycles. The van der Waals surface area contributed by atoms with E-state index in [4.69, 9.17) is 4.74 Å². The first kappa shape index (κ1) is 20.0. The topological polar surface area (TPSA) is 44.8 Å². The molecule has 28 heavy (non-hydrogen) atoms. The van der Waals surface area contributed by atoms with E-state index in [0.717, 1.165) is 17.7 Å². The van der Waals surface area contributed by atoms with Gasteiger partial charge in [0.15, 0.2) is 0 Å². The van der Waals surface area contributed by atoms with Gasteiger partial charge in [0.2, 0.25) is 0 Å². The Morgan fingerprint density at radius 1 is 1.18 bits per heavy atom. The summed E-state index contributed by atoms with van der Waals surface area (Å²) >= 11 is 0. The van der Waals surface area contributed by atoms with Crippen LogP contribution in [0.2, 0.25) is 0 Å². The molecular weight excluding hydrogens is 371 g/mol. The Kier molecular flexibility index (Phi) is 5.79. The predicted octanol–water partition coefficient (Wildman–Crippen LogP) is 4.38. The Morgan fingerprint density at radius 2 is 1.89 bits per heavy atom. The van der Waals surface area contributed by atoms with Gasteiger partial charge in [-0.2, -0.15) is 13.2 Å². The molecule has 1 heterocycles. The summed E-state index contributed by atoms with van der Waals surface area (Å²) in [5, 5.41) is 2.64. The molecule has 1 N–H and O–H groups in total. The van der Waals surface area contributed by atoms with E-state index >= 15 is 0 Å². The van der Waals surface area contributed by atoms with Gasteiger partial charge in [-0.25, -0.2) is 4.79 Å². The van der Waals surface area contributed by atoms with E-state index in [1.807, 2.05) is 30.3 Å². The molecule has 1 unspecified atom stereocenters. The average Bonchev–Trinajstić information content (AvgIpc) is 2.68. The Balaban J connectivity index is 1.78. The van der Waals surface area contributed by atoms with Crippen molar-refractivity contribution in [3.8, 4) is 0 Å². The largest absolute Gasteiger partial charge is 0.416 e. The molecule has 1 fully saturated rings. The highest BCUT2D eigenvalue weighted by Gasteiger charge is 2.32. The number of nitrogens with one attached hydrogen (secondary N) is 1. The first-order valence-electron chi connectivity index (χ1n) is 8.87. The highest BCUT2D eigenvalue weighted by atomic mass is 19.4. The number of benzene rings is 2. The maximum absolute atomic E-state index is 13.1. The van der Waals surface area contributed by atoms with Crippen LogP contribution in [0.4, 0.5) is 29.3 Å². The second-order valence-electron chi connectivity index (χ2n) is 6.77. The van der Waals surface area contributed by atoms with Crippen LogP contribution in [0.3, 0.4) is 0 Å². The van der Waals surface area contributed by atoms with Gasteiger partial charge in [0.1, 0.15) is 6.10 Å². The van der Waals surface area contributed by atoms with Crippen LogP contribution in [-0.2, 0) is 10.9 Å². The van der Waals surface area contributed by atoms with Crippen molar-refractivity contribution >= 4 is 17.4 Å². The lowest BCUT2D eigenvalue weighted by molar-refractivity contribution is -0.137. The van der Waals surface area contributed by atoms with Crippen molar-refractivity contribution < 1.29 is 22.7 Å². The van der Waals surface area contributed by atoms with Gasteiger partial charge in [-0.1, -0.05) is 30.3 Å². The highest BCUT2D eigenvalue weighted by molar-refractivity contribution is 5.93. The zero-order chi connectivity index (χ0) is 20.3. The molecule has 150 valence electrons. The molecule has 0 aliphatic carbocycles. The van der Waals surface area contributed by atoms with Crippen LogP contribution in [-0.4, -0.2) is 44.7 Å². The minimum absolute atomic E-state index is 0.118. The molecule has 0 aromatic heterocycles. The third kappa shape index (κ3) is 4.56. The number of halogens is 3. The third-order valence-electron chi connectivity index (χ3n) is 4.57. The van der Waals surface area contributed by atoms with Gasteiger partial charge in [0.05, 0.1) is 30.1 Å². The molecule has 1 atom stereocenters. The first-order valence-corrected chi connectivity index (χ1v) is 8.87. The minimum Gasteiger partial charge on any atom is -0.376 e. The molecule has 1 saturated heterocycles. The third-order valence-corrected chi connectivity index (χ3v) is 4.57. The maximum Gasteiger partial charge on any atom is 0.416 e. The number of ether oxygens (including phenoxy) is 1. The Labute approximate surface area is 161 Å². The summed E-state index contributed by atoms with van der Waals surface area (Å²) in [7, 11) is 3.41. The van der Waals surface area contributed by atoms with Gasteiger partial charge < -0.3 is 19.9 Å². The number of nitrogens with zero attached hydrogens (tertiary/aromatic N) is 2. The number of urea groups is 1. The fraction of sp³-hybridized carbons (Fsp3) is 0.350. The second-order valence-corrected chi connectivity index (χ2v) is 6.77. The van der Waals surface area contributed by atoms with Crippen LogP contribution in [0.25, 0.3) is 0 Å². The molecular formula is C20H22F3N3O2. The summed E-state index contributed by atoms with van der Waals surface area (Å²) in [6, 6.07) is 12.4. The lowest BCUT2D eigenvalue weighted by Crippen LogP contribution is -2.44. The molecule has 2 amide bonds. The number of anilines is 2. The van der Waals surface area contributed by atoms with Crippen LogP contribution >= 0.6 is 0 Å². The fourth-order valence-corrected chi connectivity index (χ4v) is 3.10. The van der Waals surface area contributed by atoms with E-state index in [-0.39, 0.29) is 11.8 Å². The molecule has 2 aromatic rings. The Hall–Kier alpha value is -2.74. The number of rotatable bonds is 3. The summed E-state index contributed by atoms with van der Waals surface area (Å²) in [4.78, 5) is 16.0. The zero-order valence-electron chi connectivity index (χ0n) is 15.7. The van der Waals surface area contributed by atoms with Crippen molar-refractivity contribution in [2.45, 2.75) is 12.3 Å². The van der Waals surface area contributed by atoms with Gasteiger partial charge in [0.25, 0.3) is 0 Å². The first-order chi connectivity index (χ1) is 13.3. The second kappa shape index (κ2) is 8.10. The van der Waals surface area contributed by atoms with Crippen molar-refractivity contribution in [3.05, 3.63) is 59.7 Å². The van der Waals surface area contributed by atoms with E-state index < -0.39 is 17.8 Å². The Bertz CT molecular complexity index is 825. The highest BCUT2D eigenvalue weighted by Crippen LogP contribution is 2.35. The van der Waals surface area contributed by atoms with E-state index in [9.17, 15) is 18.0 Å². The number of hydrogen-bond donors (Lipinski definition) is 1. The summed E-state index contributed by atoms with van der Waals surface area (Å²) in [6.45, 7) is 1.05. The van der Waals surface area contributed by atoms with Crippen LogP contribution in [0.5, 0.6) is 0 Å². The molecule has 3 rings (SSSR count). The van der Waals surface area contributed by atoms with Crippen molar-refractivity contribution in [1.82, 2.24) is 4.90 Å². The van der Waals surface area contributed by atoms with E-state index in [1.165, 1.54) is 6.07 Å². The Morgan fingerprint density at radius 3 is 2.54 bits per heavy atom. The van der Waals surface area contributed by atoms with Gasteiger partial charge in [-0.15, -0.1) is 0 Å². The van der Waals surface area contributed by atoms with Gasteiger partial charge in [-0.3, -0.25) is 0 Å².